The molecule has 232 valence electrons. The highest BCUT2D eigenvalue weighted by Gasteiger charge is 2.76. The first-order valence-corrected chi connectivity index (χ1v) is 15.6. The predicted molar refractivity (Wildman–Crippen MR) is 167 cm³/mol. The summed E-state index contributed by atoms with van der Waals surface area (Å²) in [5, 5.41) is 23.1. The fraction of sp³-hybridized carbons (Fsp3) is 0.486. The maximum atomic E-state index is 14.4. The molecule has 7 nitrogen and oxygen atoms in total. The van der Waals surface area contributed by atoms with Gasteiger partial charge in [0.05, 0.1) is 11.5 Å². The molecule has 0 radical (unpaired) electrons. The van der Waals surface area contributed by atoms with Crippen molar-refractivity contribution < 1.29 is 34.2 Å². The lowest BCUT2D eigenvalue weighted by atomic mass is 9.40. The topological polar surface area (TPSA) is 126 Å². The van der Waals surface area contributed by atoms with Crippen molar-refractivity contribution in [2.75, 3.05) is 0 Å². The SMILES string of the molecule is CCc1ccc(/C=C/c2ccc(O)c3c2C[C@]2(C)C[C@]4(C)C(C(C)C)C(=O)C(C(C)=O)C(=O)[C@]4(O)C(=O)C2C3=O)cc1CC. The van der Waals surface area contributed by atoms with Crippen LogP contribution in [0.3, 0.4) is 0 Å². The van der Waals surface area contributed by atoms with Gasteiger partial charge in [0.15, 0.2) is 28.7 Å². The number of benzene rings is 2. The molecule has 0 spiro atoms. The van der Waals surface area contributed by atoms with Crippen LogP contribution in [0.4, 0.5) is 0 Å². The van der Waals surface area contributed by atoms with E-state index in [0.717, 1.165) is 30.9 Å². The summed E-state index contributed by atoms with van der Waals surface area (Å²) in [5.41, 5.74) is -0.431. The van der Waals surface area contributed by atoms with Gasteiger partial charge in [0.2, 0.25) is 0 Å². The van der Waals surface area contributed by atoms with E-state index >= 15 is 0 Å². The Bertz CT molecular complexity index is 1650. The Morgan fingerprint density at radius 1 is 0.977 bits per heavy atom. The summed E-state index contributed by atoms with van der Waals surface area (Å²) in [6.07, 6.45) is 5.95. The van der Waals surface area contributed by atoms with Crippen LogP contribution in [0, 0.1) is 34.5 Å². The first kappa shape index (κ1) is 31.7. The lowest BCUT2D eigenvalue weighted by molar-refractivity contribution is -0.205. The summed E-state index contributed by atoms with van der Waals surface area (Å²) < 4.78 is 0. The zero-order valence-corrected chi connectivity index (χ0v) is 26.6. The maximum Gasteiger partial charge on any atom is 0.190 e. The second kappa shape index (κ2) is 10.7. The number of hydrogen-bond donors (Lipinski definition) is 2. The van der Waals surface area contributed by atoms with Crippen LogP contribution in [0.1, 0.15) is 93.1 Å². The molecule has 44 heavy (non-hydrogen) atoms. The van der Waals surface area contributed by atoms with Crippen LogP contribution < -0.4 is 0 Å². The first-order chi connectivity index (χ1) is 20.6. The molecular weight excluding hydrogens is 556 g/mol. The monoisotopic (exact) mass is 598 g/mol. The normalized spacial score (nSPS) is 31.7. The molecule has 2 saturated carbocycles. The molecule has 2 aromatic carbocycles. The Kier molecular flexibility index (Phi) is 7.73. The van der Waals surface area contributed by atoms with Crippen LogP contribution in [0.5, 0.6) is 5.75 Å². The smallest absolute Gasteiger partial charge is 0.190 e. The zero-order chi connectivity index (χ0) is 32.5. The highest BCUT2D eigenvalue weighted by molar-refractivity contribution is 6.32. The lowest BCUT2D eigenvalue weighted by Gasteiger charge is -2.61. The van der Waals surface area contributed by atoms with Crippen LogP contribution in [-0.2, 0) is 38.4 Å². The second-order valence-corrected chi connectivity index (χ2v) is 13.9. The van der Waals surface area contributed by atoms with Crippen LogP contribution in [0.25, 0.3) is 12.2 Å². The predicted octanol–water partition coefficient (Wildman–Crippen LogP) is 5.39. The fourth-order valence-electron chi connectivity index (χ4n) is 8.93. The molecule has 7 heteroatoms. The van der Waals surface area contributed by atoms with Gasteiger partial charge in [-0.3, -0.25) is 24.0 Å². The third kappa shape index (κ3) is 4.30. The zero-order valence-electron chi connectivity index (χ0n) is 26.6. The fourth-order valence-corrected chi connectivity index (χ4v) is 8.93. The number of ketones is 5. The molecule has 6 atom stereocenters. The maximum absolute atomic E-state index is 14.4. The Balaban J connectivity index is 1.65. The molecule has 3 unspecified atom stereocenters. The van der Waals surface area contributed by atoms with Gasteiger partial charge in [-0.25, -0.2) is 0 Å². The van der Waals surface area contributed by atoms with E-state index in [2.05, 4.69) is 26.0 Å². The van der Waals surface area contributed by atoms with E-state index in [4.69, 9.17) is 0 Å². The second-order valence-electron chi connectivity index (χ2n) is 13.9. The van der Waals surface area contributed by atoms with Crippen molar-refractivity contribution in [3.8, 4) is 5.75 Å². The molecule has 3 aliphatic carbocycles. The number of aliphatic hydroxyl groups is 1. The minimum absolute atomic E-state index is 0.00798. The van der Waals surface area contributed by atoms with Crippen molar-refractivity contribution in [1.29, 1.82) is 0 Å². The molecule has 2 N–H and O–H groups in total. The molecule has 0 aromatic heterocycles. The molecule has 3 aliphatic rings. The lowest BCUT2D eigenvalue weighted by Crippen LogP contribution is -2.76. The van der Waals surface area contributed by atoms with Gasteiger partial charge < -0.3 is 10.2 Å². The van der Waals surface area contributed by atoms with E-state index in [9.17, 15) is 34.2 Å². The van der Waals surface area contributed by atoms with E-state index in [1.807, 2.05) is 18.2 Å². The summed E-state index contributed by atoms with van der Waals surface area (Å²) in [6, 6.07) is 9.47. The Hall–Kier alpha value is -3.71. The van der Waals surface area contributed by atoms with Gasteiger partial charge in [-0.1, -0.05) is 78.0 Å². The van der Waals surface area contributed by atoms with Gasteiger partial charge in [0.25, 0.3) is 0 Å². The minimum Gasteiger partial charge on any atom is -0.507 e. The van der Waals surface area contributed by atoms with Gasteiger partial charge >= 0.3 is 0 Å². The number of carbonyl (C=O) groups is 5. The van der Waals surface area contributed by atoms with E-state index < -0.39 is 63.1 Å². The molecule has 0 aliphatic heterocycles. The van der Waals surface area contributed by atoms with Gasteiger partial charge in [-0.05, 0) is 77.8 Å². The number of phenols is 1. The summed E-state index contributed by atoms with van der Waals surface area (Å²) in [6.45, 7) is 12.3. The van der Waals surface area contributed by atoms with Crippen molar-refractivity contribution in [2.24, 2.45) is 34.5 Å². The van der Waals surface area contributed by atoms with E-state index in [0.29, 0.717) is 5.56 Å². The Morgan fingerprint density at radius 3 is 2.23 bits per heavy atom. The van der Waals surface area contributed by atoms with Crippen molar-refractivity contribution in [3.05, 3.63) is 63.7 Å². The van der Waals surface area contributed by atoms with Crippen LogP contribution in [0.2, 0.25) is 0 Å². The molecule has 0 saturated heterocycles. The number of fused-ring (bicyclic) bond motifs is 3. The van der Waals surface area contributed by atoms with Crippen molar-refractivity contribution in [2.45, 2.75) is 79.8 Å². The van der Waals surface area contributed by atoms with Gasteiger partial charge in [-0.15, -0.1) is 0 Å². The molecule has 0 heterocycles. The summed E-state index contributed by atoms with van der Waals surface area (Å²) in [5.74, 6) is -8.89. The van der Waals surface area contributed by atoms with Gasteiger partial charge in [0.1, 0.15) is 17.5 Å². The average Bonchev–Trinajstić information content (AvgIpc) is 2.94. The number of phenolic OH excluding ortho intramolecular Hbond substituents is 1. The Labute approximate surface area is 258 Å². The van der Waals surface area contributed by atoms with E-state index in [1.54, 1.807) is 33.8 Å². The third-order valence-electron chi connectivity index (χ3n) is 10.7. The summed E-state index contributed by atoms with van der Waals surface area (Å²) in [4.78, 5) is 68.7. The average molecular weight is 599 g/mol. The first-order valence-electron chi connectivity index (χ1n) is 15.6. The number of carbonyl (C=O) groups excluding carboxylic acids is 5. The molecule has 0 amide bonds. The number of rotatable bonds is 6. The quantitative estimate of drug-likeness (QED) is 0.337. The standard InChI is InChI=1S/C37H42O7/c1-8-22-12-10-21(16-23(22)9-2)11-13-24-14-15-26(39)28-25(24)17-35(6)18-36(7)29(19(3)4)31(40)27(20(5)38)33(42)37(36,44)34(43)30(35)32(28)41/h10-16,19,27,29-30,39,44H,8-9,17-18H2,1-7H3/b13-11+/t27?,29?,30?,35-,36-,37+/m1/s1. The third-order valence-corrected chi connectivity index (χ3v) is 10.7. The number of aryl methyl sites for hydroxylation is 2. The molecule has 0 bridgehead atoms. The largest absolute Gasteiger partial charge is 0.507 e. The Morgan fingerprint density at radius 2 is 1.64 bits per heavy atom. The van der Waals surface area contributed by atoms with Crippen LogP contribution in [-0.4, -0.2) is 44.7 Å². The molecular formula is C37H42O7. The number of aromatic hydroxyl groups is 1. The van der Waals surface area contributed by atoms with Crippen LogP contribution >= 0.6 is 0 Å². The van der Waals surface area contributed by atoms with Gasteiger partial charge in [0, 0.05) is 11.3 Å². The minimum atomic E-state index is -2.70. The summed E-state index contributed by atoms with van der Waals surface area (Å²) in [7, 11) is 0. The van der Waals surface area contributed by atoms with Gasteiger partial charge in [-0.2, -0.15) is 0 Å². The molecule has 5 rings (SSSR count). The van der Waals surface area contributed by atoms with Crippen LogP contribution in [0.15, 0.2) is 30.3 Å². The summed E-state index contributed by atoms with van der Waals surface area (Å²) >= 11 is 0. The van der Waals surface area contributed by atoms with E-state index in [1.165, 1.54) is 17.2 Å². The molecule has 2 aromatic rings. The van der Waals surface area contributed by atoms with Crippen molar-refractivity contribution in [3.63, 3.8) is 0 Å². The van der Waals surface area contributed by atoms with E-state index in [-0.39, 0.29) is 30.1 Å². The highest BCUT2D eigenvalue weighted by atomic mass is 16.3. The van der Waals surface area contributed by atoms with Crippen molar-refractivity contribution >= 4 is 41.1 Å². The number of hydrogen-bond acceptors (Lipinski definition) is 7. The van der Waals surface area contributed by atoms with Crippen molar-refractivity contribution in [1.82, 2.24) is 0 Å². The number of Topliss-reactive ketones (excluding diaryl/α,β-unsaturated/α-hetero) is 5. The molecule has 2 fully saturated rings. The highest BCUT2D eigenvalue weighted by Crippen LogP contribution is 2.63.